The highest BCUT2D eigenvalue weighted by molar-refractivity contribution is 6.31. The van der Waals surface area contributed by atoms with Crippen LogP contribution in [0.15, 0.2) is 18.2 Å². The number of urea groups is 1. The van der Waals surface area contributed by atoms with Gasteiger partial charge in [0.05, 0.1) is 7.11 Å². The van der Waals surface area contributed by atoms with Gasteiger partial charge in [-0.1, -0.05) is 31.5 Å². The zero-order valence-electron chi connectivity index (χ0n) is 11.7. The Hall–Kier alpha value is -1.30. The van der Waals surface area contributed by atoms with E-state index in [0.29, 0.717) is 23.3 Å². The van der Waals surface area contributed by atoms with E-state index in [0.717, 1.165) is 10.6 Å². The summed E-state index contributed by atoms with van der Waals surface area (Å²) in [5, 5.41) is 7.69. The topological polar surface area (TPSA) is 53.6 Å². The predicted molar refractivity (Wildman–Crippen MR) is 77.2 cm³/mol. The first-order chi connectivity index (χ1) is 8.93. The van der Waals surface area contributed by atoms with Gasteiger partial charge in [0.2, 0.25) is 0 Å². The third-order valence-electron chi connectivity index (χ3n) is 2.56. The van der Waals surface area contributed by atoms with Crippen molar-refractivity contribution in [2.75, 3.05) is 19.5 Å². The first-order valence-electron chi connectivity index (χ1n) is 6.04. The summed E-state index contributed by atoms with van der Waals surface area (Å²) in [6.07, 6.45) is 0. The van der Waals surface area contributed by atoms with Crippen molar-refractivity contribution in [3.05, 3.63) is 28.8 Å². The Bertz CT molecular complexity index is 438. The fourth-order valence-corrected chi connectivity index (χ4v) is 1.61. The van der Waals surface area contributed by atoms with Crippen molar-refractivity contribution in [3.63, 3.8) is 0 Å². The maximum absolute atomic E-state index is 11.6. The van der Waals surface area contributed by atoms with Crippen LogP contribution >= 0.6 is 11.6 Å². The van der Waals surface area contributed by atoms with Gasteiger partial charge < -0.3 is 10.6 Å². The Morgan fingerprint density at radius 2 is 2.16 bits per heavy atom. The normalized spacial score (nSPS) is 10.6. The van der Waals surface area contributed by atoms with Crippen LogP contribution in [0.3, 0.4) is 0 Å². The van der Waals surface area contributed by atoms with Crippen LogP contribution in [0.4, 0.5) is 10.5 Å². The Balaban J connectivity index is 2.68. The molecule has 0 saturated carbocycles. The summed E-state index contributed by atoms with van der Waals surface area (Å²) in [4.78, 5) is 16.4. The van der Waals surface area contributed by atoms with E-state index in [-0.39, 0.29) is 6.03 Å². The first-order valence-corrected chi connectivity index (χ1v) is 6.42. The highest BCUT2D eigenvalue weighted by Crippen LogP contribution is 2.21. The van der Waals surface area contributed by atoms with Gasteiger partial charge in [0, 0.05) is 30.3 Å². The fourth-order valence-electron chi connectivity index (χ4n) is 1.37. The van der Waals surface area contributed by atoms with Crippen molar-refractivity contribution >= 4 is 23.3 Å². The molecule has 0 aliphatic carbocycles. The molecular weight excluding hydrogens is 266 g/mol. The molecule has 1 rings (SSSR count). The molecular formula is C13H20ClN3O2. The van der Waals surface area contributed by atoms with Crippen LogP contribution in [0.25, 0.3) is 0 Å². The molecule has 0 heterocycles. The number of amides is 2. The third kappa shape index (κ3) is 5.06. The van der Waals surface area contributed by atoms with Gasteiger partial charge in [0.1, 0.15) is 0 Å². The van der Waals surface area contributed by atoms with E-state index < -0.39 is 0 Å². The van der Waals surface area contributed by atoms with E-state index in [4.69, 9.17) is 16.4 Å². The summed E-state index contributed by atoms with van der Waals surface area (Å²) in [5.41, 5.74) is 1.63. The molecule has 0 aliphatic rings. The quantitative estimate of drug-likeness (QED) is 0.818. The Morgan fingerprint density at radius 3 is 2.68 bits per heavy atom. The zero-order chi connectivity index (χ0) is 14.4. The second-order valence-corrected chi connectivity index (χ2v) is 4.86. The van der Waals surface area contributed by atoms with E-state index >= 15 is 0 Å². The molecule has 1 aromatic rings. The number of hydrogen-bond donors (Lipinski definition) is 2. The predicted octanol–water partition coefficient (Wildman–Crippen LogP) is 2.86. The van der Waals surface area contributed by atoms with Gasteiger partial charge in [-0.25, -0.2) is 9.86 Å². The van der Waals surface area contributed by atoms with E-state index in [9.17, 15) is 4.79 Å². The molecule has 0 unspecified atom stereocenters. The number of nitrogens with zero attached hydrogens (tertiary/aromatic N) is 1. The molecule has 0 fully saturated rings. The Morgan fingerprint density at radius 1 is 1.47 bits per heavy atom. The van der Waals surface area contributed by atoms with Gasteiger partial charge in [-0.15, -0.1) is 0 Å². The molecule has 0 radical (unpaired) electrons. The lowest BCUT2D eigenvalue weighted by atomic mass is 10.2. The van der Waals surface area contributed by atoms with Crippen LogP contribution in [0.1, 0.15) is 19.4 Å². The third-order valence-corrected chi connectivity index (χ3v) is 2.92. The summed E-state index contributed by atoms with van der Waals surface area (Å²) in [6, 6.07) is 5.46. The van der Waals surface area contributed by atoms with Crippen molar-refractivity contribution in [2.24, 2.45) is 0 Å². The summed E-state index contributed by atoms with van der Waals surface area (Å²) in [7, 11) is 2.95. The summed E-state index contributed by atoms with van der Waals surface area (Å²) < 4.78 is 0. The number of hydroxylamine groups is 2. The molecule has 19 heavy (non-hydrogen) atoms. The van der Waals surface area contributed by atoms with Crippen LogP contribution in [-0.2, 0) is 11.4 Å². The van der Waals surface area contributed by atoms with Crippen molar-refractivity contribution < 1.29 is 9.63 Å². The smallest absolute Gasteiger partial charge is 0.310 e. The van der Waals surface area contributed by atoms with Crippen LogP contribution in [0, 0.1) is 0 Å². The minimum Gasteiger partial charge on any atom is -0.310 e. The monoisotopic (exact) mass is 285 g/mol. The van der Waals surface area contributed by atoms with Crippen LogP contribution in [0.5, 0.6) is 0 Å². The van der Waals surface area contributed by atoms with Gasteiger partial charge >= 0.3 is 6.03 Å². The largest absolute Gasteiger partial charge is 0.345 e. The van der Waals surface area contributed by atoms with Crippen molar-refractivity contribution in [1.82, 2.24) is 10.4 Å². The highest BCUT2D eigenvalue weighted by atomic mass is 35.5. The molecule has 0 aromatic heterocycles. The fraction of sp³-hybridized carbons (Fsp3) is 0.462. The lowest BCUT2D eigenvalue weighted by Gasteiger charge is -2.15. The molecule has 0 atom stereocenters. The maximum Gasteiger partial charge on any atom is 0.345 e. The molecule has 0 spiro atoms. The Kier molecular flexibility index (Phi) is 6.08. The van der Waals surface area contributed by atoms with Gasteiger partial charge in [-0.2, -0.15) is 0 Å². The SMILES string of the molecule is CON(C)C(=O)Nc1ccc(CNC(C)C)c(Cl)c1. The standard InChI is InChI=1S/C13H20ClN3O2/c1-9(2)15-8-10-5-6-11(7-12(10)14)16-13(18)17(3)19-4/h5-7,9,15H,8H2,1-4H3,(H,16,18). The molecule has 2 amide bonds. The average molecular weight is 286 g/mol. The maximum atomic E-state index is 11.6. The lowest BCUT2D eigenvalue weighted by molar-refractivity contribution is -0.0598. The zero-order valence-corrected chi connectivity index (χ0v) is 12.4. The average Bonchev–Trinajstić information content (AvgIpc) is 2.36. The summed E-state index contributed by atoms with van der Waals surface area (Å²) in [6.45, 7) is 4.84. The number of halogens is 1. The van der Waals surface area contributed by atoms with Crippen molar-refractivity contribution in [3.8, 4) is 0 Å². The van der Waals surface area contributed by atoms with E-state index in [1.54, 1.807) is 6.07 Å². The number of carbonyl (C=O) groups excluding carboxylic acids is 1. The van der Waals surface area contributed by atoms with Crippen LogP contribution in [0.2, 0.25) is 5.02 Å². The highest BCUT2D eigenvalue weighted by Gasteiger charge is 2.09. The number of anilines is 1. The Labute approximate surface area is 118 Å². The minimum absolute atomic E-state index is 0.355. The van der Waals surface area contributed by atoms with Crippen molar-refractivity contribution in [2.45, 2.75) is 26.4 Å². The second kappa shape index (κ2) is 7.33. The minimum atomic E-state index is -0.355. The van der Waals surface area contributed by atoms with E-state index in [1.165, 1.54) is 14.2 Å². The first kappa shape index (κ1) is 15.8. The molecule has 106 valence electrons. The van der Waals surface area contributed by atoms with Gasteiger partial charge in [0.25, 0.3) is 0 Å². The lowest BCUT2D eigenvalue weighted by Crippen LogP contribution is -2.30. The molecule has 1 aromatic carbocycles. The van der Waals surface area contributed by atoms with Gasteiger partial charge in [-0.3, -0.25) is 4.84 Å². The number of hydrogen-bond acceptors (Lipinski definition) is 3. The van der Waals surface area contributed by atoms with Crippen molar-refractivity contribution in [1.29, 1.82) is 0 Å². The molecule has 0 aliphatic heterocycles. The van der Waals surface area contributed by atoms with E-state index in [1.807, 2.05) is 12.1 Å². The summed E-state index contributed by atoms with van der Waals surface area (Å²) >= 11 is 6.17. The molecule has 2 N–H and O–H groups in total. The molecule has 0 saturated heterocycles. The van der Waals surface area contributed by atoms with Gasteiger partial charge in [0.15, 0.2) is 0 Å². The van der Waals surface area contributed by atoms with E-state index in [2.05, 4.69) is 24.5 Å². The molecule has 0 bridgehead atoms. The number of nitrogens with one attached hydrogen (secondary N) is 2. The number of rotatable bonds is 5. The molecule has 5 nitrogen and oxygen atoms in total. The molecule has 6 heteroatoms. The number of carbonyl (C=O) groups is 1. The summed E-state index contributed by atoms with van der Waals surface area (Å²) in [5.74, 6) is 0. The van der Waals surface area contributed by atoms with Gasteiger partial charge in [-0.05, 0) is 17.7 Å². The van der Waals surface area contributed by atoms with Crippen LogP contribution < -0.4 is 10.6 Å². The number of benzene rings is 1. The second-order valence-electron chi connectivity index (χ2n) is 4.45. The van der Waals surface area contributed by atoms with Crippen LogP contribution in [-0.4, -0.2) is 31.3 Å².